The molecule has 0 saturated carbocycles. The number of aromatic nitrogens is 2. The van der Waals surface area contributed by atoms with Crippen molar-refractivity contribution in [2.24, 2.45) is 0 Å². The Morgan fingerprint density at radius 2 is 2.19 bits per heavy atom. The molecule has 0 amide bonds. The Morgan fingerprint density at radius 3 is 2.90 bits per heavy atom. The number of para-hydroxylation sites is 1. The molecule has 3 rings (SSSR count). The molecule has 21 heavy (non-hydrogen) atoms. The summed E-state index contributed by atoms with van der Waals surface area (Å²) in [5, 5.41) is 8.00. The van der Waals surface area contributed by atoms with Crippen molar-refractivity contribution in [2.45, 2.75) is 45.4 Å². The molecule has 1 aliphatic heterocycles. The van der Waals surface area contributed by atoms with E-state index in [2.05, 4.69) is 55.6 Å². The summed E-state index contributed by atoms with van der Waals surface area (Å²) < 4.78 is 8.18. The van der Waals surface area contributed by atoms with E-state index in [0.717, 1.165) is 24.3 Å². The summed E-state index contributed by atoms with van der Waals surface area (Å²) >= 11 is 0. The molecule has 0 aliphatic carbocycles. The van der Waals surface area contributed by atoms with E-state index >= 15 is 0 Å². The third-order valence-electron chi connectivity index (χ3n) is 3.99. The first-order valence-electron chi connectivity index (χ1n) is 7.72. The van der Waals surface area contributed by atoms with E-state index in [1.54, 1.807) is 0 Å². The van der Waals surface area contributed by atoms with Gasteiger partial charge >= 0.3 is 0 Å². The first-order chi connectivity index (χ1) is 10.2. The van der Waals surface area contributed by atoms with Gasteiger partial charge in [0.1, 0.15) is 11.9 Å². The number of ether oxygens (including phenoxy) is 1. The van der Waals surface area contributed by atoms with Crippen LogP contribution in [0.15, 0.2) is 36.7 Å². The van der Waals surface area contributed by atoms with Crippen LogP contribution in [0.5, 0.6) is 5.75 Å². The van der Waals surface area contributed by atoms with Crippen molar-refractivity contribution < 1.29 is 4.74 Å². The summed E-state index contributed by atoms with van der Waals surface area (Å²) in [6.45, 7) is 7.37. The topological polar surface area (TPSA) is 39.1 Å². The van der Waals surface area contributed by atoms with Gasteiger partial charge in [0.05, 0.1) is 6.20 Å². The first-order valence-corrected chi connectivity index (χ1v) is 7.72. The van der Waals surface area contributed by atoms with E-state index in [4.69, 9.17) is 4.74 Å². The highest BCUT2D eigenvalue weighted by Gasteiger charge is 2.29. The standard InChI is InChI=1S/C17H23N3O/c1-4-18-15-9-17(13-10-19-20(11-13)12(2)3)21-16-8-6-5-7-14(15)16/h5-8,10-12,15,17-18H,4,9H2,1-3H3. The molecule has 1 aromatic carbocycles. The van der Waals surface area contributed by atoms with Crippen LogP contribution in [-0.4, -0.2) is 16.3 Å². The Balaban J connectivity index is 1.88. The fraction of sp³-hybridized carbons (Fsp3) is 0.471. The van der Waals surface area contributed by atoms with Gasteiger partial charge in [0.2, 0.25) is 0 Å². The summed E-state index contributed by atoms with van der Waals surface area (Å²) in [5.74, 6) is 0.983. The molecule has 0 saturated heterocycles. The lowest BCUT2D eigenvalue weighted by atomic mass is 9.94. The molecule has 0 spiro atoms. The van der Waals surface area contributed by atoms with Crippen LogP contribution in [0, 0.1) is 0 Å². The number of hydrogen-bond donors (Lipinski definition) is 1. The lowest BCUT2D eigenvalue weighted by Gasteiger charge is -2.32. The molecular formula is C17H23N3O. The molecule has 1 aliphatic rings. The average Bonchev–Trinajstić information content (AvgIpc) is 2.97. The second-order valence-corrected chi connectivity index (χ2v) is 5.84. The highest BCUT2D eigenvalue weighted by molar-refractivity contribution is 5.38. The van der Waals surface area contributed by atoms with Gasteiger partial charge in [-0.2, -0.15) is 5.10 Å². The quantitative estimate of drug-likeness (QED) is 0.932. The van der Waals surface area contributed by atoms with Gasteiger partial charge in [-0.15, -0.1) is 0 Å². The van der Waals surface area contributed by atoms with Gasteiger partial charge in [0.25, 0.3) is 0 Å². The molecule has 1 aromatic heterocycles. The van der Waals surface area contributed by atoms with Gasteiger partial charge in [-0.05, 0) is 26.5 Å². The van der Waals surface area contributed by atoms with Crippen molar-refractivity contribution >= 4 is 0 Å². The van der Waals surface area contributed by atoms with E-state index in [9.17, 15) is 0 Å². The molecule has 4 nitrogen and oxygen atoms in total. The number of fused-ring (bicyclic) bond motifs is 1. The zero-order valence-corrected chi connectivity index (χ0v) is 12.9. The van der Waals surface area contributed by atoms with Crippen LogP contribution in [0.2, 0.25) is 0 Å². The van der Waals surface area contributed by atoms with Gasteiger partial charge in [-0.3, -0.25) is 4.68 Å². The van der Waals surface area contributed by atoms with Crippen molar-refractivity contribution in [3.63, 3.8) is 0 Å². The molecule has 1 N–H and O–H groups in total. The fourth-order valence-electron chi connectivity index (χ4n) is 2.86. The van der Waals surface area contributed by atoms with Crippen LogP contribution < -0.4 is 10.1 Å². The highest BCUT2D eigenvalue weighted by atomic mass is 16.5. The summed E-state index contributed by atoms with van der Waals surface area (Å²) in [4.78, 5) is 0. The Labute approximate surface area is 126 Å². The lowest BCUT2D eigenvalue weighted by molar-refractivity contribution is 0.152. The van der Waals surface area contributed by atoms with E-state index in [1.807, 2.05) is 16.9 Å². The average molecular weight is 285 g/mol. The fourth-order valence-corrected chi connectivity index (χ4v) is 2.86. The van der Waals surface area contributed by atoms with Gasteiger partial charge in [0.15, 0.2) is 0 Å². The maximum absolute atomic E-state index is 6.19. The maximum Gasteiger partial charge on any atom is 0.129 e. The number of benzene rings is 1. The minimum atomic E-state index is 0.0662. The number of nitrogens with one attached hydrogen (secondary N) is 1. The number of hydrogen-bond acceptors (Lipinski definition) is 3. The Morgan fingerprint density at radius 1 is 1.38 bits per heavy atom. The molecule has 112 valence electrons. The van der Waals surface area contributed by atoms with Crippen LogP contribution in [0.4, 0.5) is 0 Å². The zero-order chi connectivity index (χ0) is 14.8. The van der Waals surface area contributed by atoms with E-state index in [1.165, 1.54) is 5.56 Å². The minimum absolute atomic E-state index is 0.0662. The van der Waals surface area contributed by atoms with Crippen LogP contribution in [-0.2, 0) is 0 Å². The van der Waals surface area contributed by atoms with Crippen molar-refractivity contribution in [3.05, 3.63) is 47.8 Å². The molecule has 4 heteroatoms. The van der Waals surface area contributed by atoms with Gasteiger partial charge in [0, 0.05) is 35.8 Å². The van der Waals surface area contributed by atoms with Crippen LogP contribution >= 0.6 is 0 Å². The Hall–Kier alpha value is -1.81. The van der Waals surface area contributed by atoms with Crippen LogP contribution in [0.3, 0.4) is 0 Å². The van der Waals surface area contributed by atoms with Crippen molar-refractivity contribution in [3.8, 4) is 5.75 Å². The van der Waals surface area contributed by atoms with Crippen molar-refractivity contribution in [2.75, 3.05) is 6.54 Å². The lowest BCUT2D eigenvalue weighted by Crippen LogP contribution is -2.28. The molecular weight excluding hydrogens is 262 g/mol. The molecule has 2 atom stereocenters. The maximum atomic E-state index is 6.19. The zero-order valence-electron chi connectivity index (χ0n) is 12.9. The normalized spacial score (nSPS) is 21.1. The van der Waals surface area contributed by atoms with Crippen LogP contribution in [0.1, 0.15) is 56.5 Å². The predicted octanol–water partition coefficient (Wildman–Crippen LogP) is 3.64. The smallest absolute Gasteiger partial charge is 0.129 e. The third kappa shape index (κ3) is 2.81. The molecule has 0 bridgehead atoms. The van der Waals surface area contributed by atoms with Gasteiger partial charge in [-0.1, -0.05) is 25.1 Å². The molecule has 2 aromatic rings. The summed E-state index contributed by atoms with van der Waals surface area (Å²) in [7, 11) is 0. The Kier molecular flexibility index (Phi) is 3.97. The highest BCUT2D eigenvalue weighted by Crippen LogP contribution is 2.40. The van der Waals surface area contributed by atoms with Crippen molar-refractivity contribution in [1.82, 2.24) is 15.1 Å². The first kappa shape index (κ1) is 14.1. The van der Waals surface area contributed by atoms with E-state index in [0.29, 0.717) is 12.1 Å². The summed E-state index contributed by atoms with van der Waals surface area (Å²) in [6, 6.07) is 9.02. The van der Waals surface area contributed by atoms with E-state index < -0.39 is 0 Å². The molecule has 0 fully saturated rings. The van der Waals surface area contributed by atoms with Crippen molar-refractivity contribution in [1.29, 1.82) is 0 Å². The summed E-state index contributed by atoms with van der Waals surface area (Å²) in [6.07, 6.45) is 5.04. The third-order valence-corrected chi connectivity index (χ3v) is 3.99. The van der Waals surface area contributed by atoms with Gasteiger partial charge < -0.3 is 10.1 Å². The second-order valence-electron chi connectivity index (χ2n) is 5.84. The predicted molar refractivity (Wildman–Crippen MR) is 83.5 cm³/mol. The molecule has 2 heterocycles. The Bertz CT molecular complexity index is 606. The molecule has 0 radical (unpaired) electrons. The monoisotopic (exact) mass is 285 g/mol. The SMILES string of the molecule is CCNC1CC(c2cnn(C(C)C)c2)Oc2ccccc21. The van der Waals surface area contributed by atoms with Gasteiger partial charge in [-0.25, -0.2) is 0 Å². The van der Waals surface area contributed by atoms with E-state index in [-0.39, 0.29) is 6.10 Å². The largest absolute Gasteiger partial charge is 0.485 e. The second kappa shape index (κ2) is 5.90. The minimum Gasteiger partial charge on any atom is -0.485 e. The number of rotatable bonds is 4. The molecule has 2 unspecified atom stereocenters. The number of nitrogens with zero attached hydrogens (tertiary/aromatic N) is 2. The summed E-state index contributed by atoms with van der Waals surface area (Å²) in [5.41, 5.74) is 2.41. The van der Waals surface area contributed by atoms with Crippen LogP contribution in [0.25, 0.3) is 0 Å².